The molecule has 2 N–H and O–H groups in total. The normalized spacial score (nSPS) is 28.7. The highest BCUT2D eigenvalue weighted by molar-refractivity contribution is 5.82. The highest BCUT2D eigenvalue weighted by atomic mass is 16.5. The molecule has 1 fully saturated rings. The number of hydrogen-bond donors (Lipinski definition) is 1. The second-order valence-electron chi connectivity index (χ2n) is 4.74. The third-order valence-corrected chi connectivity index (χ3v) is 3.72. The Bertz CT molecular complexity index is 390. The van der Waals surface area contributed by atoms with Crippen molar-refractivity contribution < 1.29 is 9.53 Å². The molecular weight excluding hydrogens is 214 g/mol. The van der Waals surface area contributed by atoms with Gasteiger partial charge in [-0.05, 0) is 18.4 Å². The summed E-state index contributed by atoms with van der Waals surface area (Å²) < 4.78 is 4.88. The van der Waals surface area contributed by atoms with Gasteiger partial charge >= 0.3 is 5.97 Å². The molecule has 3 nitrogen and oxygen atoms in total. The zero-order valence-electron chi connectivity index (χ0n) is 10.2. The molecule has 0 radical (unpaired) electrons. The second-order valence-corrected chi connectivity index (χ2v) is 4.74. The van der Waals surface area contributed by atoms with Crippen molar-refractivity contribution in [3.8, 4) is 0 Å². The topological polar surface area (TPSA) is 52.3 Å². The van der Waals surface area contributed by atoms with Crippen LogP contribution < -0.4 is 5.73 Å². The number of ether oxygens (including phenoxy) is 1. The Morgan fingerprint density at radius 1 is 1.35 bits per heavy atom. The number of carbonyl (C=O) groups is 1. The van der Waals surface area contributed by atoms with Gasteiger partial charge < -0.3 is 10.5 Å². The summed E-state index contributed by atoms with van der Waals surface area (Å²) in [4.78, 5) is 11.9. The average Bonchev–Trinajstić information content (AvgIpc) is 2.39. The Morgan fingerprint density at radius 3 is 2.71 bits per heavy atom. The Labute approximate surface area is 102 Å². The van der Waals surface area contributed by atoms with Crippen molar-refractivity contribution in [1.29, 1.82) is 0 Å². The molecule has 92 valence electrons. The van der Waals surface area contributed by atoms with E-state index in [9.17, 15) is 4.79 Å². The number of hydrogen-bond acceptors (Lipinski definition) is 3. The number of methoxy groups -OCH3 is 1. The van der Waals surface area contributed by atoms with Crippen LogP contribution in [0.3, 0.4) is 0 Å². The van der Waals surface area contributed by atoms with Crippen LogP contribution in [0.1, 0.15) is 37.2 Å². The molecule has 2 atom stereocenters. The number of benzene rings is 1. The molecule has 1 aromatic rings. The summed E-state index contributed by atoms with van der Waals surface area (Å²) in [7, 11) is 1.41. The van der Waals surface area contributed by atoms with E-state index in [1.165, 1.54) is 7.11 Å². The minimum absolute atomic E-state index is 0.0740. The van der Waals surface area contributed by atoms with Gasteiger partial charge in [-0.25, -0.2) is 0 Å². The molecule has 17 heavy (non-hydrogen) atoms. The standard InChI is InChI=1S/C14H19NO2/c1-17-13(16)14(15)10-6-5-9-12(14)11-7-3-2-4-8-11/h2-4,7-8,12H,5-6,9-10,15H2,1H3. The SMILES string of the molecule is COC(=O)C1(N)CCCCC1c1ccccc1. The molecule has 0 bridgehead atoms. The number of rotatable bonds is 2. The Balaban J connectivity index is 2.33. The minimum Gasteiger partial charge on any atom is -0.468 e. The van der Waals surface area contributed by atoms with Crippen LogP contribution >= 0.6 is 0 Å². The molecule has 2 unspecified atom stereocenters. The van der Waals surface area contributed by atoms with E-state index in [0.29, 0.717) is 6.42 Å². The molecule has 0 saturated heterocycles. The van der Waals surface area contributed by atoms with Crippen LogP contribution in [0.2, 0.25) is 0 Å². The average molecular weight is 233 g/mol. The summed E-state index contributed by atoms with van der Waals surface area (Å²) >= 11 is 0. The van der Waals surface area contributed by atoms with E-state index < -0.39 is 5.54 Å². The van der Waals surface area contributed by atoms with Gasteiger partial charge in [-0.15, -0.1) is 0 Å². The van der Waals surface area contributed by atoms with Crippen molar-refractivity contribution in [2.75, 3.05) is 7.11 Å². The molecule has 1 aliphatic carbocycles. The molecule has 0 amide bonds. The summed E-state index contributed by atoms with van der Waals surface area (Å²) in [6.45, 7) is 0. The monoisotopic (exact) mass is 233 g/mol. The largest absolute Gasteiger partial charge is 0.468 e. The Hall–Kier alpha value is -1.35. The van der Waals surface area contributed by atoms with Gasteiger partial charge in [0.1, 0.15) is 5.54 Å². The first kappa shape index (κ1) is 12.1. The Kier molecular flexibility index (Phi) is 3.48. The van der Waals surface area contributed by atoms with E-state index in [1.54, 1.807) is 0 Å². The molecule has 0 heterocycles. The third-order valence-electron chi connectivity index (χ3n) is 3.72. The zero-order chi connectivity index (χ0) is 12.3. The second kappa shape index (κ2) is 4.88. The van der Waals surface area contributed by atoms with Gasteiger partial charge in [-0.2, -0.15) is 0 Å². The van der Waals surface area contributed by atoms with Crippen molar-refractivity contribution in [3.63, 3.8) is 0 Å². The molecule has 1 aliphatic rings. The predicted octanol–water partition coefficient (Wildman–Crippen LogP) is 2.21. The Morgan fingerprint density at radius 2 is 2.06 bits per heavy atom. The zero-order valence-corrected chi connectivity index (χ0v) is 10.2. The van der Waals surface area contributed by atoms with Crippen molar-refractivity contribution >= 4 is 5.97 Å². The highest BCUT2D eigenvalue weighted by Crippen LogP contribution is 2.39. The number of esters is 1. The van der Waals surface area contributed by atoms with E-state index in [-0.39, 0.29) is 11.9 Å². The lowest BCUT2D eigenvalue weighted by molar-refractivity contribution is -0.149. The first-order valence-corrected chi connectivity index (χ1v) is 6.11. The van der Waals surface area contributed by atoms with Gasteiger partial charge in [0.2, 0.25) is 0 Å². The van der Waals surface area contributed by atoms with Crippen molar-refractivity contribution in [3.05, 3.63) is 35.9 Å². The summed E-state index contributed by atoms with van der Waals surface area (Å²) in [5, 5.41) is 0. The first-order valence-electron chi connectivity index (χ1n) is 6.11. The quantitative estimate of drug-likeness (QED) is 0.797. The lowest BCUT2D eigenvalue weighted by Gasteiger charge is -2.38. The lowest BCUT2D eigenvalue weighted by Crippen LogP contribution is -2.55. The smallest absolute Gasteiger partial charge is 0.326 e. The molecule has 1 aromatic carbocycles. The maximum atomic E-state index is 11.9. The van der Waals surface area contributed by atoms with Gasteiger partial charge in [-0.1, -0.05) is 43.2 Å². The molecule has 2 rings (SSSR count). The summed E-state index contributed by atoms with van der Waals surface area (Å²) in [5.74, 6) is -0.212. The predicted molar refractivity (Wildman–Crippen MR) is 66.6 cm³/mol. The van der Waals surface area contributed by atoms with Crippen molar-refractivity contribution in [2.45, 2.75) is 37.1 Å². The van der Waals surface area contributed by atoms with Crippen molar-refractivity contribution in [1.82, 2.24) is 0 Å². The molecular formula is C14H19NO2. The number of nitrogens with two attached hydrogens (primary N) is 1. The fourth-order valence-electron chi connectivity index (χ4n) is 2.78. The summed E-state index contributed by atoms with van der Waals surface area (Å²) in [6, 6.07) is 10.0. The molecule has 1 saturated carbocycles. The van der Waals surface area contributed by atoms with Gasteiger partial charge in [0.05, 0.1) is 7.11 Å². The van der Waals surface area contributed by atoms with Crippen LogP contribution in [0, 0.1) is 0 Å². The maximum Gasteiger partial charge on any atom is 0.326 e. The van der Waals surface area contributed by atoms with Gasteiger partial charge in [0.25, 0.3) is 0 Å². The highest BCUT2D eigenvalue weighted by Gasteiger charge is 2.45. The van der Waals surface area contributed by atoms with Gasteiger partial charge in [0, 0.05) is 5.92 Å². The fourth-order valence-corrected chi connectivity index (χ4v) is 2.78. The van der Waals surface area contributed by atoms with E-state index in [2.05, 4.69) is 0 Å². The fraction of sp³-hybridized carbons (Fsp3) is 0.500. The maximum absolute atomic E-state index is 11.9. The van der Waals surface area contributed by atoms with Crippen LogP contribution in [0.5, 0.6) is 0 Å². The van der Waals surface area contributed by atoms with Crippen LogP contribution in [0.25, 0.3) is 0 Å². The molecule has 0 spiro atoms. The van der Waals surface area contributed by atoms with Crippen LogP contribution in [-0.2, 0) is 9.53 Å². The van der Waals surface area contributed by atoms with Crippen LogP contribution in [0.4, 0.5) is 0 Å². The minimum atomic E-state index is -0.853. The van der Waals surface area contributed by atoms with E-state index in [0.717, 1.165) is 24.8 Å². The van der Waals surface area contributed by atoms with Gasteiger partial charge in [0.15, 0.2) is 0 Å². The summed E-state index contributed by atoms with van der Waals surface area (Å²) in [5.41, 5.74) is 6.60. The van der Waals surface area contributed by atoms with Crippen molar-refractivity contribution in [2.24, 2.45) is 5.73 Å². The van der Waals surface area contributed by atoms with E-state index >= 15 is 0 Å². The molecule has 3 heteroatoms. The first-order chi connectivity index (χ1) is 8.18. The van der Waals surface area contributed by atoms with E-state index in [4.69, 9.17) is 10.5 Å². The summed E-state index contributed by atoms with van der Waals surface area (Å²) in [6.07, 6.45) is 3.78. The lowest BCUT2D eigenvalue weighted by atomic mass is 9.70. The third kappa shape index (κ3) is 2.20. The van der Waals surface area contributed by atoms with E-state index in [1.807, 2.05) is 30.3 Å². The molecule has 0 aromatic heterocycles. The van der Waals surface area contributed by atoms with Crippen LogP contribution in [0.15, 0.2) is 30.3 Å². The number of carbonyl (C=O) groups excluding carboxylic acids is 1. The van der Waals surface area contributed by atoms with Gasteiger partial charge in [-0.3, -0.25) is 4.79 Å². The van der Waals surface area contributed by atoms with Crippen LogP contribution in [-0.4, -0.2) is 18.6 Å². The molecule has 0 aliphatic heterocycles.